The summed E-state index contributed by atoms with van der Waals surface area (Å²) in [7, 11) is 1.82. The third-order valence-electron chi connectivity index (χ3n) is 3.77. The number of nitrogens with one attached hydrogen (secondary N) is 1. The molecule has 1 aliphatic heterocycles. The molecule has 1 saturated heterocycles. The van der Waals surface area contributed by atoms with Crippen LogP contribution in [0.2, 0.25) is 0 Å². The lowest BCUT2D eigenvalue weighted by atomic mass is 10.1. The third kappa shape index (κ3) is 4.22. The van der Waals surface area contributed by atoms with Gasteiger partial charge in [-0.25, -0.2) is 0 Å². The van der Waals surface area contributed by atoms with Crippen LogP contribution < -0.4 is 10.2 Å². The van der Waals surface area contributed by atoms with Crippen LogP contribution in [0.25, 0.3) is 0 Å². The van der Waals surface area contributed by atoms with Crippen molar-refractivity contribution in [2.45, 2.75) is 38.8 Å². The Labute approximate surface area is 116 Å². The summed E-state index contributed by atoms with van der Waals surface area (Å²) in [4.78, 5) is 2.43. The fraction of sp³-hybridized carbons (Fsp3) is 0.625. The molecule has 0 spiro atoms. The van der Waals surface area contributed by atoms with E-state index in [-0.39, 0.29) is 0 Å². The summed E-state index contributed by atoms with van der Waals surface area (Å²) < 4.78 is 5.48. The van der Waals surface area contributed by atoms with E-state index in [1.165, 1.54) is 30.5 Å². The summed E-state index contributed by atoms with van der Waals surface area (Å²) in [5.41, 5.74) is 2.68. The molecule has 1 aromatic carbocycles. The molecule has 1 atom stereocenters. The summed E-state index contributed by atoms with van der Waals surface area (Å²) in [6.07, 6.45) is 3.98. The standard InChI is InChI=1S/C16H26N2O/c1-3-10-17-12-14-6-8-15(9-7-14)18-11-4-5-16(13-18)19-2/h6-9,16-17H,3-5,10-13H2,1-2H3. The van der Waals surface area contributed by atoms with Gasteiger partial charge >= 0.3 is 0 Å². The zero-order valence-electron chi connectivity index (χ0n) is 12.2. The zero-order valence-corrected chi connectivity index (χ0v) is 12.2. The van der Waals surface area contributed by atoms with Crippen molar-refractivity contribution >= 4 is 5.69 Å². The van der Waals surface area contributed by atoms with Gasteiger partial charge in [0.05, 0.1) is 6.10 Å². The van der Waals surface area contributed by atoms with Crippen LogP contribution in [0.5, 0.6) is 0 Å². The molecule has 1 fully saturated rings. The molecule has 0 radical (unpaired) electrons. The smallest absolute Gasteiger partial charge is 0.0746 e. The molecule has 3 heteroatoms. The highest BCUT2D eigenvalue weighted by Crippen LogP contribution is 2.21. The van der Waals surface area contributed by atoms with E-state index in [4.69, 9.17) is 4.74 Å². The molecule has 1 N–H and O–H groups in total. The van der Waals surface area contributed by atoms with E-state index >= 15 is 0 Å². The second-order valence-electron chi connectivity index (χ2n) is 5.29. The molecule has 1 heterocycles. The second-order valence-corrected chi connectivity index (χ2v) is 5.29. The Bertz CT molecular complexity index is 364. The third-order valence-corrected chi connectivity index (χ3v) is 3.77. The first-order valence-corrected chi connectivity index (χ1v) is 7.41. The molecule has 0 amide bonds. The van der Waals surface area contributed by atoms with Crippen molar-refractivity contribution in [3.63, 3.8) is 0 Å². The number of ether oxygens (including phenoxy) is 1. The van der Waals surface area contributed by atoms with Gasteiger partial charge in [-0.3, -0.25) is 0 Å². The van der Waals surface area contributed by atoms with Crippen LogP contribution in [0, 0.1) is 0 Å². The first kappa shape index (κ1) is 14.4. The van der Waals surface area contributed by atoms with Gasteiger partial charge in [-0.15, -0.1) is 0 Å². The van der Waals surface area contributed by atoms with E-state index in [0.29, 0.717) is 6.10 Å². The number of anilines is 1. The summed E-state index contributed by atoms with van der Waals surface area (Å²) in [5.74, 6) is 0. The Morgan fingerprint density at radius 2 is 2.11 bits per heavy atom. The van der Waals surface area contributed by atoms with E-state index < -0.39 is 0 Å². The molecule has 2 rings (SSSR count). The Hall–Kier alpha value is -1.06. The Kier molecular flexibility index (Phi) is 5.67. The van der Waals surface area contributed by atoms with Crippen LogP contribution in [-0.4, -0.2) is 32.8 Å². The number of hydrogen-bond donors (Lipinski definition) is 1. The fourth-order valence-electron chi connectivity index (χ4n) is 2.60. The summed E-state index contributed by atoms with van der Waals surface area (Å²) >= 11 is 0. The topological polar surface area (TPSA) is 24.5 Å². The van der Waals surface area contributed by atoms with E-state index in [2.05, 4.69) is 41.4 Å². The van der Waals surface area contributed by atoms with Gasteiger partial charge in [-0.05, 0) is 43.5 Å². The molecule has 0 bridgehead atoms. The zero-order chi connectivity index (χ0) is 13.5. The van der Waals surface area contributed by atoms with E-state index in [1.54, 1.807) is 0 Å². The van der Waals surface area contributed by atoms with Crippen molar-refractivity contribution in [3.05, 3.63) is 29.8 Å². The van der Waals surface area contributed by atoms with Crippen LogP contribution in [0.15, 0.2) is 24.3 Å². The van der Waals surface area contributed by atoms with Gasteiger partial charge in [0.25, 0.3) is 0 Å². The minimum Gasteiger partial charge on any atom is -0.380 e. The van der Waals surface area contributed by atoms with Crippen molar-refractivity contribution in [2.75, 3.05) is 31.6 Å². The van der Waals surface area contributed by atoms with Crippen molar-refractivity contribution in [2.24, 2.45) is 0 Å². The molecular weight excluding hydrogens is 236 g/mol. The lowest BCUT2D eigenvalue weighted by molar-refractivity contribution is 0.0893. The van der Waals surface area contributed by atoms with Crippen LogP contribution in [-0.2, 0) is 11.3 Å². The molecule has 0 aliphatic carbocycles. The molecule has 1 unspecified atom stereocenters. The Balaban J connectivity index is 1.90. The maximum Gasteiger partial charge on any atom is 0.0746 e. The average Bonchev–Trinajstić information content (AvgIpc) is 2.48. The fourth-order valence-corrected chi connectivity index (χ4v) is 2.60. The second kappa shape index (κ2) is 7.51. The largest absolute Gasteiger partial charge is 0.380 e. The van der Waals surface area contributed by atoms with Gasteiger partial charge in [0.1, 0.15) is 0 Å². The van der Waals surface area contributed by atoms with E-state index in [0.717, 1.165) is 26.2 Å². The highest BCUT2D eigenvalue weighted by molar-refractivity contribution is 5.48. The first-order chi connectivity index (χ1) is 9.33. The lowest BCUT2D eigenvalue weighted by Crippen LogP contribution is -2.39. The summed E-state index contributed by atoms with van der Waals surface area (Å²) in [5, 5.41) is 3.43. The van der Waals surface area contributed by atoms with Gasteiger partial charge in [0.15, 0.2) is 0 Å². The minimum absolute atomic E-state index is 0.389. The molecule has 3 nitrogen and oxygen atoms in total. The van der Waals surface area contributed by atoms with Crippen molar-refractivity contribution < 1.29 is 4.74 Å². The molecular formula is C16H26N2O. The van der Waals surface area contributed by atoms with E-state index in [9.17, 15) is 0 Å². The molecule has 0 aromatic heterocycles. The van der Waals surface area contributed by atoms with Gasteiger partial charge in [-0.1, -0.05) is 19.1 Å². The predicted octanol–water partition coefficient (Wildman–Crippen LogP) is 2.80. The average molecular weight is 262 g/mol. The lowest BCUT2D eigenvalue weighted by Gasteiger charge is -2.33. The number of nitrogens with zero attached hydrogens (tertiary/aromatic N) is 1. The normalized spacial score (nSPS) is 19.7. The summed E-state index contributed by atoms with van der Waals surface area (Å²) in [6, 6.07) is 8.94. The molecule has 1 aromatic rings. The number of benzene rings is 1. The van der Waals surface area contributed by atoms with Crippen molar-refractivity contribution in [1.29, 1.82) is 0 Å². The van der Waals surface area contributed by atoms with Crippen LogP contribution in [0.4, 0.5) is 5.69 Å². The Morgan fingerprint density at radius 3 is 2.79 bits per heavy atom. The number of rotatable bonds is 6. The van der Waals surface area contributed by atoms with Crippen LogP contribution in [0.1, 0.15) is 31.7 Å². The van der Waals surface area contributed by atoms with E-state index in [1.807, 2.05) is 7.11 Å². The first-order valence-electron chi connectivity index (χ1n) is 7.41. The van der Waals surface area contributed by atoms with Gasteiger partial charge in [0, 0.05) is 32.4 Å². The predicted molar refractivity (Wildman–Crippen MR) is 80.7 cm³/mol. The maximum atomic E-state index is 5.48. The summed E-state index contributed by atoms with van der Waals surface area (Å²) in [6.45, 7) is 6.41. The number of hydrogen-bond acceptors (Lipinski definition) is 3. The van der Waals surface area contributed by atoms with Crippen LogP contribution in [0.3, 0.4) is 0 Å². The van der Waals surface area contributed by atoms with Gasteiger partial charge < -0.3 is 15.0 Å². The molecule has 1 aliphatic rings. The number of methoxy groups -OCH3 is 1. The van der Waals surface area contributed by atoms with Crippen molar-refractivity contribution in [3.8, 4) is 0 Å². The highest BCUT2D eigenvalue weighted by Gasteiger charge is 2.19. The van der Waals surface area contributed by atoms with Crippen molar-refractivity contribution in [1.82, 2.24) is 5.32 Å². The van der Waals surface area contributed by atoms with Crippen LogP contribution >= 0.6 is 0 Å². The molecule has 106 valence electrons. The SMILES string of the molecule is CCCNCc1ccc(N2CCCC(OC)C2)cc1. The number of piperidine rings is 1. The Morgan fingerprint density at radius 1 is 1.32 bits per heavy atom. The van der Waals surface area contributed by atoms with Gasteiger partial charge in [-0.2, -0.15) is 0 Å². The monoisotopic (exact) mass is 262 g/mol. The maximum absolute atomic E-state index is 5.48. The van der Waals surface area contributed by atoms with Gasteiger partial charge in [0.2, 0.25) is 0 Å². The quantitative estimate of drug-likeness (QED) is 0.798. The highest BCUT2D eigenvalue weighted by atomic mass is 16.5. The minimum atomic E-state index is 0.389. The molecule has 19 heavy (non-hydrogen) atoms. The molecule has 0 saturated carbocycles.